The van der Waals surface area contributed by atoms with Crippen molar-refractivity contribution >= 4 is 6.21 Å². The largest absolute Gasteiger partial charge is 0.497 e. The molecule has 1 aromatic carbocycles. The van der Waals surface area contributed by atoms with E-state index in [4.69, 9.17) is 9.57 Å². The molecular formula is C12H13NO2. The number of oxime groups is 1. The van der Waals surface area contributed by atoms with Crippen molar-refractivity contribution in [1.82, 2.24) is 0 Å². The van der Waals surface area contributed by atoms with Crippen molar-refractivity contribution in [3.63, 3.8) is 0 Å². The minimum Gasteiger partial charge on any atom is -0.497 e. The number of benzene rings is 1. The smallest absolute Gasteiger partial charge is 0.160 e. The molecule has 0 saturated carbocycles. The van der Waals surface area contributed by atoms with E-state index in [-0.39, 0.29) is 6.10 Å². The van der Waals surface area contributed by atoms with Crippen LogP contribution in [0, 0.1) is 5.92 Å². The van der Waals surface area contributed by atoms with E-state index >= 15 is 0 Å². The normalized spacial score (nSPS) is 26.7. The van der Waals surface area contributed by atoms with Crippen LogP contribution in [0.4, 0.5) is 0 Å². The van der Waals surface area contributed by atoms with Gasteiger partial charge in [0.15, 0.2) is 6.10 Å². The molecule has 0 spiro atoms. The molecule has 0 saturated heterocycles. The maximum atomic E-state index is 5.40. The molecule has 3 nitrogen and oxygen atoms in total. The summed E-state index contributed by atoms with van der Waals surface area (Å²) in [6.07, 6.45) is 4.28. The number of ether oxygens (including phenoxy) is 1. The first-order chi connectivity index (χ1) is 7.38. The zero-order valence-electron chi connectivity index (χ0n) is 8.64. The lowest BCUT2D eigenvalue weighted by molar-refractivity contribution is 0.0540. The second-order valence-electron chi connectivity index (χ2n) is 4.05. The Bertz CT molecular complexity index is 414. The average molecular weight is 203 g/mol. The molecule has 1 aliphatic heterocycles. The molecule has 0 amide bonds. The van der Waals surface area contributed by atoms with Crippen molar-refractivity contribution in [1.29, 1.82) is 0 Å². The van der Waals surface area contributed by atoms with Gasteiger partial charge in [0.2, 0.25) is 0 Å². The highest BCUT2D eigenvalue weighted by atomic mass is 16.6. The van der Waals surface area contributed by atoms with Crippen LogP contribution in [-0.4, -0.2) is 13.3 Å². The molecule has 78 valence electrons. The summed E-state index contributed by atoms with van der Waals surface area (Å²) in [5.41, 5.74) is 2.60. The first-order valence-corrected chi connectivity index (χ1v) is 5.24. The van der Waals surface area contributed by atoms with Crippen molar-refractivity contribution in [3.05, 3.63) is 29.3 Å². The third-order valence-electron chi connectivity index (χ3n) is 3.22. The van der Waals surface area contributed by atoms with Crippen LogP contribution >= 0.6 is 0 Å². The molecule has 0 unspecified atom stereocenters. The molecule has 0 bridgehead atoms. The van der Waals surface area contributed by atoms with E-state index in [0.29, 0.717) is 5.92 Å². The molecule has 1 heterocycles. The molecule has 0 radical (unpaired) electrons. The Morgan fingerprint density at radius 1 is 1.47 bits per heavy atom. The Morgan fingerprint density at radius 3 is 3.27 bits per heavy atom. The van der Waals surface area contributed by atoms with Crippen molar-refractivity contribution in [2.24, 2.45) is 11.1 Å². The topological polar surface area (TPSA) is 30.8 Å². The highest BCUT2D eigenvalue weighted by Gasteiger charge is 2.33. The SMILES string of the molecule is COc1ccc2c(c1)[C@@H]1ON=C[C@H]1CC2. The predicted molar refractivity (Wildman–Crippen MR) is 57.1 cm³/mol. The Kier molecular flexibility index (Phi) is 1.91. The molecule has 0 aromatic heterocycles. The van der Waals surface area contributed by atoms with E-state index in [1.165, 1.54) is 11.1 Å². The van der Waals surface area contributed by atoms with Gasteiger partial charge in [0, 0.05) is 11.5 Å². The number of aryl methyl sites for hydroxylation is 1. The second kappa shape index (κ2) is 3.26. The van der Waals surface area contributed by atoms with E-state index < -0.39 is 0 Å². The number of hydrogen-bond donors (Lipinski definition) is 0. The third kappa shape index (κ3) is 1.30. The summed E-state index contributed by atoms with van der Waals surface area (Å²) in [5, 5.41) is 3.92. The van der Waals surface area contributed by atoms with Crippen LogP contribution in [0.3, 0.4) is 0 Å². The van der Waals surface area contributed by atoms with Gasteiger partial charge in [-0.15, -0.1) is 0 Å². The van der Waals surface area contributed by atoms with Crippen molar-refractivity contribution < 1.29 is 9.57 Å². The molecule has 3 rings (SSSR count). The van der Waals surface area contributed by atoms with E-state index in [1.807, 2.05) is 12.3 Å². The van der Waals surface area contributed by atoms with Crippen molar-refractivity contribution in [2.45, 2.75) is 18.9 Å². The number of nitrogens with zero attached hydrogens (tertiary/aromatic N) is 1. The van der Waals surface area contributed by atoms with Crippen molar-refractivity contribution in [3.8, 4) is 5.75 Å². The number of hydrogen-bond acceptors (Lipinski definition) is 3. The van der Waals surface area contributed by atoms with E-state index in [9.17, 15) is 0 Å². The van der Waals surface area contributed by atoms with Gasteiger partial charge in [-0.05, 0) is 30.5 Å². The maximum Gasteiger partial charge on any atom is 0.160 e. The zero-order valence-corrected chi connectivity index (χ0v) is 8.64. The summed E-state index contributed by atoms with van der Waals surface area (Å²) >= 11 is 0. The number of fused-ring (bicyclic) bond motifs is 3. The summed E-state index contributed by atoms with van der Waals surface area (Å²) in [7, 11) is 1.69. The Balaban J connectivity index is 2.04. The molecule has 2 atom stereocenters. The fourth-order valence-electron chi connectivity index (χ4n) is 2.36. The lowest BCUT2D eigenvalue weighted by Gasteiger charge is -2.25. The highest BCUT2D eigenvalue weighted by Crippen LogP contribution is 2.40. The second-order valence-corrected chi connectivity index (χ2v) is 4.05. The molecule has 3 heteroatoms. The van der Waals surface area contributed by atoms with Crippen LogP contribution in [0.15, 0.2) is 23.4 Å². The predicted octanol–water partition coefficient (Wildman–Crippen LogP) is 2.31. The number of methoxy groups -OCH3 is 1. The Labute approximate surface area is 88.7 Å². The standard InChI is InChI=1S/C12H13NO2/c1-14-10-5-4-8-2-3-9-7-13-15-12(9)11(8)6-10/h4-7,9,12H,2-3H2,1H3/t9-,12-/m1/s1. The number of rotatable bonds is 1. The third-order valence-corrected chi connectivity index (χ3v) is 3.22. The fourth-order valence-corrected chi connectivity index (χ4v) is 2.36. The summed E-state index contributed by atoms with van der Waals surface area (Å²) in [6.45, 7) is 0. The van der Waals surface area contributed by atoms with E-state index in [1.54, 1.807) is 7.11 Å². The van der Waals surface area contributed by atoms with E-state index in [2.05, 4.69) is 17.3 Å². The van der Waals surface area contributed by atoms with Gasteiger partial charge in [-0.3, -0.25) is 0 Å². The van der Waals surface area contributed by atoms with Crippen LogP contribution < -0.4 is 4.74 Å². The fraction of sp³-hybridized carbons (Fsp3) is 0.417. The summed E-state index contributed by atoms with van der Waals surface area (Å²) < 4.78 is 5.23. The summed E-state index contributed by atoms with van der Waals surface area (Å²) in [6, 6.07) is 6.21. The summed E-state index contributed by atoms with van der Waals surface area (Å²) in [5.74, 6) is 1.34. The molecule has 0 N–H and O–H groups in total. The van der Waals surface area contributed by atoms with Gasteiger partial charge < -0.3 is 9.57 Å². The lowest BCUT2D eigenvalue weighted by Crippen LogP contribution is -2.18. The molecule has 2 aliphatic rings. The van der Waals surface area contributed by atoms with Gasteiger partial charge in [-0.1, -0.05) is 11.2 Å². The average Bonchev–Trinajstić information content (AvgIpc) is 2.76. The van der Waals surface area contributed by atoms with E-state index in [0.717, 1.165) is 18.6 Å². The minimum absolute atomic E-state index is 0.115. The van der Waals surface area contributed by atoms with Gasteiger partial charge >= 0.3 is 0 Å². The van der Waals surface area contributed by atoms with Crippen LogP contribution in [0.2, 0.25) is 0 Å². The summed E-state index contributed by atoms with van der Waals surface area (Å²) in [4.78, 5) is 5.40. The van der Waals surface area contributed by atoms with Crippen LogP contribution in [0.25, 0.3) is 0 Å². The molecule has 15 heavy (non-hydrogen) atoms. The highest BCUT2D eigenvalue weighted by molar-refractivity contribution is 5.64. The van der Waals surface area contributed by atoms with Gasteiger partial charge in [0.25, 0.3) is 0 Å². The van der Waals surface area contributed by atoms with Crippen molar-refractivity contribution in [2.75, 3.05) is 7.11 Å². The molecule has 1 aromatic rings. The van der Waals surface area contributed by atoms with Gasteiger partial charge in [-0.25, -0.2) is 0 Å². The minimum atomic E-state index is 0.115. The quantitative estimate of drug-likeness (QED) is 0.701. The Hall–Kier alpha value is -1.51. The first-order valence-electron chi connectivity index (χ1n) is 5.24. The van der Waals surface area contributed by atoms with Gasteiger partial charge in [-0.2, -0.15) is 0 Å². The molecule has 1 aliphatic carbocycles. The van der Waals surface area contributed by atoms with Crippen LogP contribution in [0.1, 0.15) is 23.7 Å². The zero-order chi connectivity index (χ0) is 10.3. The first kappa shape index (κ1) is 8.77. The molecular weight excluding hydrogens is 190 g/mol. The van der Waals surface area contributed by atoms with Crippen LogP contribution in [-0.2, 0) is 11.3 Å². The van der Waals surface area contributed by atoms with Gasteiger partial charge in [0.1, 0.15) is 5.75 Å². The maximum absolute atomic E-state index is 5.40. The molecule has 0 fully saturated rings. The monoisotopic (exact) mass is 203 g/mol. The van der Waals surface area contributed by atoms with Gasteiger partial charge in [0.05, 0.1) is 13.3 Å². The van der Waals surface area contributed by atoms with Crippen LogP contribution in [0.5, 0.6) is 5.75 Å². The lowest BCUT2D eigenvalue weighted by atomic mass is 9.82. The Morgan fingerprint density at radius 2 is 2.40 bits per heavy atom.